The molecule has 0 spiro atoms. The maximum atomic E-state index is 11.6. The number of esters is 1. The molecular weight excluding hydrogens is 318 g/mol. The van der Waals surface area contributed by atoms with Crippen LogP contribution in [0.15, 0.2) is 0 Å². The lowest BCUT2D eigenvalue weighted by Gasteiger charge is -2.08. The largest absolute Gasteiger partial charge is 0.466 e. The van der Waals surface area contributed by atoms with Gasteiger partial charge in [-0.25, -0.2) is 4.79 Å². The number of alkyl carbamates (subject to hydrolysis) is 1. The second-order valence-corrected chi connectivity index (χ2v) is 7.07. The lowest BCUT2D eigenvalue weighted by atomic mass is 10.1. The zero-order valence-corrected chi connectivity index (χ0v) is 16.6. The van der Waals surface area contributed by atoms with Crippen molar-refractivity contribution >= 4 is 12.1 Å². The molecule has 5 heteroatoms. The Balaban J connectivity index is 3.29. The lowest BCUT2D eigenvalue weighted by Crippen LogP contribution is -2.27. The van der Waals surface area contributed by atoms with Gasteiger partial charge in [-0.3, -0.25) is 4.79 Å². The average Bonchev–Trinajstić information content (AvgIpc) is 2.58. The summed E-state index contributed by atoms with van der Waals surface area (Å²) in [4.78, 5) is 22.9. The Labute approximate surface area is 154 Å². The molecule has 0 aliphatic rings. The van der Waals surface area contributed by atoms with E-state index in [0.717, 1.165) is 12.8 Å². The molecule has 0 bridgehead atoms. The standard InChI is InChI=1S/C20H39NO4/c1-4-5-6-7-8-9-10-11-12-16-24-19(22)14-13-15-21-20(23)25-17-18(2)3/h18H,4-17H2,1-3H3,(H,21,23). The van der Waals surface area contributed by atoms with Crippen LogP contribution in [0.5, 0.6) is 0 Å². The fraction of sp³-hybridized carbons (Fsp3) is 0.900. The number of hydrogen-bond acceptors (Lipinski definition) is 4. The van der Waals surface area contributed by atoms with Crippen LogP contribution in [-0.2, 0) is 14.3 Å². The molecule has 0 fully saturated rings. The molecular formula is C20H39NO4. The Bertz CT molecular complexity index is 332. The first-order chi connectivity index (χ1) is 12.1. The highest BCUT2D eigenvalue weighted by atomic mass is 16.5. The molecule has 0 aliphatic heterocycles. The third-order valence-corrected chi connectivity index (χ3v) is 3.89. The lowest BCUT2D eigenvalue weighted by molar-refractivity contribution is -0.143. The Morgan fingerprint density at radius 2 is 1.44 bits per heavy atom. The van der Waals surface area contributed by atoms with Crippen LogP contribution in [-0.4, -0.2) is 31.8 Å². The van der Waals surface area contributed by atoms with E-state index in [-0.39, 0.29) is 5.97 Å². The molecule has 0 rings (SSSR count). The Morgan fingerprint density at radius 3 is 2.04 bits per heavy atom. The predicted octanol–water partition coefficient (Wildman–Crippen LogP) is 5.22. The summed E-state index contributed by atoms with van der Waals surface area (Å²) in [7, 11) is 0. The van der Waals surface area contributed by atoms with E-state index in [1.807, 2.05) is 13.8 Å². The first-order valence-corrected chi connectivity index (χ1v) is 10.1. The van der Waals surface area contributed by atoms with Crippen molar-refractivity contribution < 1.29 is 19.1 Å². The van der Waals surface area contributed by atoms with Gasteiger partial charge >= 0.3 is 12.1 Å². The fourth-order valence-corrected chi connectivity index (χ4v) is 2.39. The summed E-state index contributed by atoms with van der Waals surface area (Å²) in [6.45, 7) is 7.56. The summed E-state index contributed by atoms with van der Waals surface area (Å²) in [5.41, 5.74) is 0. The van der Waals surface area contributed by atoms with Crippen molar-refractivity contribution in [2.24, 2.45) is 5.92 Å². The van der Waals surface area contributed by atoms with Crippen LogP contribution >= 0.6 is 0 Å². The molecule has 25 heavy (non-hydrogen) atoms. The van der Waals surface area contributed by atoms with E-state index in [4.69, 9.17) is 9.47 Å². The summed E-state index contributed by atoms with van der Waals surface area (Å²) < 4.78 is 10.2. The first-order valence-electron chi connectivity index (χ1n) is 10.1. The summed E-state index contributed by atoms with van der Waals surface area (Å²) in [6, 6.07) is 0. The Kier molecular flexibility index (Phi) is 16.7. The van der Waals surface area contributed by atoms with Crippen LogP contribution in [0.25, 0.3) is 0 Å². The van der Waals surface area contributed by atoms with Gasteiger partial charge in [0, 0.05) is 13.0 Å². The second kappa shape index (κ2) is 17.6. The fourth-order valence-electron chi connectivity index (χ4n) is 2.39. The molecule has 1 N–H and O–H groups in total. The van der Waals surface area contributed by atoms with E-state index < -0.39 is 6.09 Å². The number of hydrogen-bond donors (Lipinski definition) is 1. The van der Waals surface area contributed by atoms with Gasteiger partial charge in [0.15, 0.2) is 0 Å². The summed E-state index contributed by atoms with van der Waals surface area (Å²) in [5.74, 6) is 0.138. The molecule has 0 saturated carbocycles. The number of carbonyl (C=O) groups is 2. The van der Waals surface area contributed by atoms with Gasteiger partial charge < -0.3 is 14.8 Å². The van der Waals surface area contributed by atoms with Gasteiger partial charge in [0.25, 0.3) is 0 Å². The SMILES string of the molecule is CCCCCCCCCCCOC(=O)CCCNC(=O)OCC(C)C. The topological polar surface area (TPSA) is 64.6 Å². The molecule has 0 unspecified atom stereocenters. The van der Waals surface area contributed by atoms with E-state index in [2.05, 4.69) is 12.2 Å². The van der Waals surface area contributed by atoms with E-state index >= 15 is 0 Å². The van der Waals surface area contributed by atoms with Gasteiger partial charge in [-0.05, 0) is 18.8 Å². The molecule has 0 aromatic rings. The molecule has 0 heterocycles. The normalized spacial score (nSPS) is 10.7. The molecule has 0 aliphatic carbocycles. The van der Waals surface area contributed by atoms with Gasteiger partial charge in [0.1, 0.15) is 0 Å². The van der Waals surface area contributed by atoms with Crippen molar-refractivity contribution in [3.05, 3.63) is 0 Å². The minimum absolute atomic E-state index is 0.183. The van der Waals surface area contributed by atoms with Crippen molar-refractivity contribution in [3.8, 4) is 0 Å². The monoisotopic (exact) mass is 357 g/mol. The molecule has 0 radical (unpaired) electrons. The van der Waals surface area contributed by atoms with E-state index in [1.54, 1.807) is 0 Å². The molecule has 1 amide bonds. The minimum Gasteiger partial charge on any atom is -0.466 e. The van der Waals surface area contributed by atoms with Crippen LogP contribution in [0, 0.1) is 5.92 Å². The van der Waals surface area contributed by atoms with Gasteiger partial charge in [-0.15, -0.1) is 0 Å². The minimum atomic E-state index is -0.420. The maximum absolute atomic E-state index is 11.6. The number of amides is 1. The predicted molar refractivity (Wildman–Crippen MR) is 102 cm³/mol. The van der Waals surface area contributed by atoms with E-state index in [9.17, 15) is 9.59 Å². The summed E-state index contributed by atoms with van der Waals surface area (Å²) in [6.07, 6.45) is 11.8. The molecule has 0 atom stereocenters. The van der Waals surface area contributed by atoms with Crippen LogP contribution in [0.3, 0.4) is 0 Å². The van der Waals surface area contributed by atoms with Crippen LogP contribution in [0.1, 0.15) is 91.4 Å². The number of carbonyl (C=O) groups excluding carboxylic acids is 2. The van der Waals surface area contributed by atoms with Crippen molar-refractivity contribution in [1.29, 1.82) is 0 Å². The first kappa shape index (κ1) is 23.7. The number of ether oxygens (including phenoxy) is 2. The third kappa shape index (κ3) is 18.9. The number of unbranched alkanes of at least 4 members (excludes halogenated alkanes) is 8. The van der Waals surface area contributed by atoms with Gasteiger partial charge in [-0.1, -0.05) is 72.1 Å². The van der Waals surface area contributed by atoms with Crippen LogP contribution in [0.4, 0.5) is 4.79 Å². The maximum Gasteiger partial charge on any atom is 0.407 e. The van der Waals surface area contributed by atoms with Crippen molar-refractivity contribution in [2.75, 3.05) is 19.8 Å². The third-order valence-electron chi connectivity index (χ3n) is 3.89. The Hall–Kier alpha value is -1.26. The Morgan fingerprint density at radius 1 is 0.840 bits per heavy atom. The van der Waals surface area contributed by atoms with Gasteiger partial charge in [-0.2, -0.15) is 0 Å². The van der Waals surface area contributed by atoms with Crippen LogP contribution < -0.4 is 5.32 Å². The highest BCUT2D eigenvalue weighted by Crippen LogP contribution is 2.09. The smallest absolute Gasteiger partial charge is 0.407 e. The van der Waals surface area contributed by atoms with Crippen molar-refractivity contribution in [2.45, 2.75) is 91.4 Å². The molecule has 0 aromatic heterocycles. The van der Waals surface area contributed by atoms with Crippen LogP contribution in [0.2, 0.25) is 0 Å². The summed E-state index contributed by atoms with van der Waals surface area (Å²) in [5, 5.41) is 2.63. The highest BCUT2D eigenvalue weighted by molar-refractivity contribution is 5.69. The molecule has 5 nitrogen and oxygen atoms in total. The number of rotatable bonds is 16. The molecule has 0 aromatic carbocycles. The quantitative estimate of drug-likeness (QED) is 0.304. The van der Waals surface area contributed by atoms with E-state index in [0.29, 0.717) is 38.5 Å². The van der Waals surface area contributed by atoms with Crippen molar-refractivity contribution in [1.82, 2.24) is 5.32 Å². The molecule has 0 saturated heterocycles. The average molecular weight is 358 g/mol. The molecule has 148 valence electrons. The second-order valence-electron chi connectivity index (χ2n) is 7.07. The van der Waals surface area contributed by atoms with E-state index in [1.165, 1.54) is 44.9 Å². The number of nitrogens with one attached hydrogen (secondary N) is 1. The van der Waals surface area contributed by atoms with Gasteiger partial charge in [0.2, 0.25) is 0 Å². The zero-order valence-electron chi connectivity index (χ0n) is 16.6. The van der Waals surface area contributed by atoms with Gasteiger partial charge in [0.05, 0.1) is 13.2 Å². The highest BCUT2D eigenvalue weighted by Gasteiger charge is 2.05. The zero-order chi connectivity index (χ0) is 18.8. The summed E-state index contributed by atoms with van der Waals surface area (Å²) >= 11 is 0. The van der Waals surface area contributed by atoms with Crippen molar-refractivity contribution in [3.63, 3.8) is 0 Å².